The zero-order valence-electron chi connectivity index (χ0n) is 10.0. The number of hydrogen-bond acceptors (Lipinski definition) is 3. The lowest BCUT2D eigenvalue weighted by Crippen LogP contribution is -2.55. The molecule has 0 radical (unpaired) electrons. The summed E-state index contributed by atoms with van der Waals surface area (Å²) in [6.07, 6.45) is 0.690. The first-order valence-corrected chi connectivity index (χ1v) is 5.51. The van der Waals surface area contributed by atoms with Gasteiger partial charge in [0, 0.05) is 12.0 Å². The molecule has 0 aromatic carbocycles. The molecule has 1 atom stereocenters. The van der Waals surface area contributed by atoms with Crippen LogP contribution < -0.4 is 0 Å². The Labute approximate surface area is 95.4 Å². The van der Waals surface area contributed by atoms with Gasteiger partial charge in [-0.1, -0.05) is 20.8 Å². The maximum absolute atomic E-state index is 12.2. The first-order chi connectivity index (χ1) is 7.40. The summed E-state index contributed by atoms with van der Waals surface area (Å²) >= 11 is 0. The van der Waals surface area contributed by atoms with E-state index in [2.05, 4.69) is 0 Å². The van der Waals surface area contributed by atoms with Gasteiger partial charge in [-0.15, -0.1) is 0 Å². The predicted octanol–water partition coefficient (Wildman–Crippen LogP) is 0.735. The summed E-state index contributed by atoms with van der Waals surface area (Å²) in [6, 6.07) is -0.841. The fourth-order valence-electron chi connectivity index (χ4n) is 1.59. The van der Waals surface area contributed by atoms with E-state index in [4.69, 9.17) is 9.84 Å². The molecular formula is C11H19NO4. The average molecular weight is 229 g/mol. The van der Waals surface area contributed by atoms with Crippen LogP contribution in [0.25, 0.3) is 0 Å². The van der Waals surface area contributed by atoms with Crippen LogP contribution in [0.2, 0.25) is 0 Å². The van der Waals surface area contributed by atoms with Crippen molar-refractivity contribution in [2.24, 2.45) is 5.41 Å². The van der Waals surface area contributed by atoms with Crippen molar-refractivity contribution in [2.75, 3.05) is 19.8 Å². The summed E-state index contributed by atoms with van der Waals surface area (Å²) < 4.78 is 5.10. The maximum Gasteiger partial charge on any atom is 0.328 e. The second kappa shape index (κ2) is 4.82. The topological polar surface area (TPSA) is 66.8 Å². The van der Waals surface area contributed by atoms with E-state index >= 15 is 0 Å². The highest BCUT2D eigenvalue weighted by Gasteiger charge is 2.38. The highest BCUT2D eigenvalue weighted by atomic mass is 16.5. The second-order valence-corrected chi connectivity index (χ2v) is 4.66. The Kier molecular flexibility index (Phi) is 3.91. The molecule has 0 bridgehead atoms. The third-order valence-electron chi connectivity index (χ3n) is 3.14. The molecule has 0 aromatic rings. The number of morpholine rings is 1. The zero-order valence-corrected chi connectivity index (χ0v) is 10.0. The summed E-state index contributed by atoms with van der Waals surface area (Å²) in [5.41, 5.74) is -0.509. The van der Waals surface area contributed by atoms with Crippen molar-refractivity contribution in [3.63, 3.8) is 0 Å². The Morgan fingerprint density at radius 2 is 2.12 bits per heavy atom. The van der Waals surface area contributed by atoms with Crippen LogP contribution in [-0.4, -0.2) is 47.7 Å². The first kappa shape index (κ1) is 13.0. The van der Waals surface area contributed by atoms with Crippen LogP contribution in [0.3, 0.4) is 0 Å². The minimum atomic E-state index is -1.00. The third-order valence-corrected chi connectivity index (χ3v) is 3.14. The summed E-state index contributed by atoms with van der Waals surface area (Å²) in [5, 5.41) is 9.02. The van der Waals surface area contributed by atoms with Crippen LogP contribution in [0, 0.1) is 5.41 Å². The first-order valence-electron chi connectivity index (χ1n) is 5.51. The van der Waals surface area contributed by atoms with Crippen molar-refractivity contribution in [3.05, 3.63) is 0 Å². The highest BCUT2D eigenvalue weighted by Crippen LogP contribution is 2.25. The summed E-state index contributed by atoms with van der Waals surface area (Å²) in [7, 11) is 0. The Hall–Kier alpha value is -1.10. The monoisotopic (exact) mass is 229 g/mol. The summed E-state index contributed by atoms with van der Waals surface area (Å²) in [4.78, 5) is 24.6. The van der Waals surface area contributed by atoms with E-state index in [1.807, 2.05) is 20.8 Å². The molecule has 92 valence electrons. The lowest BCUT2D eigenvalue weighted by atomic mass is 9.88. The van der Waals surface area contributed by atoms with E-state index in [9.17, 15) is 9.59 Å². The van der Waals surface area contributed by atoms with Crippen LogP contribution in [0.15, 0.2) is 0 Å². The number of amides is 1. The molecule has 0 spiro atoms. The molecular weight excluding hydrogens is 210 g/mol. The van der Waals surface area contributed by atoms with Crippen molar-refractivity contribution in [1.82, 2.24) is 4.90 Å². The molecule has 0 saturated carbocycles. The Morgan fingerprint density at radius 3 is 2.62 bits per heavy atom. The van der Waals surface area contributed by atoms with Crippen molar-refractivity contribution >= 4 is 11.9 Å². The van der Waals surface area contributed by atoms with Gasteiger partial charge in [0.05, 0.1) is 13.2 Å². The van der Waals surface area contributed by atoms with Gasteiger partial charge in [0.1, 0.15) is 0 Å². The van der Waals surface area contributed by atoms with Gasteiger partial charge in [0.25, 0.3) is 0 Å². The normalized spacial score (nSPS) is 21.9. The number of carboxylic acids is 1. The van der Waals surface area contributed by atoms with Gasteiger partial charge in [-0.25, -0.2) is 4.79 Å². The number of carboxylic acid groups (broad SMARTS) is 1. The van der Waals surface area contributed by atoms with Gasteiger partial charge in [-0.05, 0) is 6.42 Å². The minimum absolute atomic E-state index is 0.0842. The van der Waals surface area contributed by atoms with Gasteiger partial charge < -0.3 is 14.7 Å². The van der Waals surface area contributed by atoms with Crippen LogP contribution in [0.1, 0.15) is 27.2 Å². The van der Waals surface area contributed by atoms with Gasteiger partial charge in [-0.2, -0.15) is 0 Å². The smallest absolute Gasteiger partial charge is 0.328 e. The van der Waals surface area contributed by atoms with Gasteiger partial charge in [0.15, 0.2) is 6.04 Å². The van der Waals surface area contributed by atoms with Crippen molar-refractivity contribution < 1.29 is 19.4 Å². The molecule has 1 amide bonds. The lowest BCUT2D eigenvalue weighted by Gasteiger charge is -2.37. The van der Waals surface area contributed by atoms with Gasteiger partial charge in [-0.3, -0.25) is 4.79 Å². The van der Waals surface area contributed by atoms with Crippen LogP contribution in [0.4, 0.5) is 0 Å². The lowest BCUT2D eigenvalue weighted by molar-refractivity contribution is -0.162. The van der Waals surface area contributed by atoms with Crippen LogP contribution >= 0.6 is 0 Å². The molecule has 0 aliphatic carbocycles. The van der Waals surface area contributed by atoms with Gasteiger partial charge >= 0.3 is 5.97 Å². The molecule has 1 unspecified atom stereocenters. The molecule has 1 saturated heterocycles. The quantitative estimate of drug-likeness (QED) is 0.775. The van der Waals surface area contributed by atoms with Crippen molar-refractivity contribution in [3.8, 4) is 0 Å². The molecule has 1 N–H and O–H groups in total. The van der Waals surface area contributed by atoms with Crippen molar-refractivity contribution in [1.29, 1.82) is 0 Å². The van der Waals surface area contributed by atoms with E-state index in [1.54, 1.807) is 0 Å². The number of carbonyl (C=O) groups excluding carboxylic acids is 1. The fourth-order valence-corrected chi connectivity index (χ4v) is 1.59. The summed E-state index contributed by atoms with van der Waals surface area (Å²) in [5.74, 6) is -1.11. The molecule has 5 heteroatoms. The third kappa shape index (κ3) is 2.52. The largest absolute Gasteiger partial charge is 0.480 e. The molecule has 1 aliphatic rings. The maximum atomic E-state index is 12.2. The molecule has 1 heterocycles. The number of aliphatic carboxylic acids is 1. The summed E-state index contributed by atoms with van der Waals surface area (Å²) in [6.45, 7) is 6.46. The molecule has 5 nitrogen and oxygen atoms in total. The SMILES string of the molecule is CCC(C)(C)C(=O)N1CCOCC1C(=O)O. The molecule has 1 rings (SSSR count). The van der Waals surface area contributed by atoms with E-state index in [-0.39, 0.29) is 12.5 Å². The second-order valence-electron chi connectivity index (χ2n) is 4.66. The Balaban J connectivity index is 2.83. The predicted molar refractivity (Wildman–Crippen MR) is 58.0 cm³/mol. The minimum Gasteiger partial charge on any atom is -0.480 e. The number of hydrogen-bond donors (Lipinski definition) is 1. The zero-order chi connectivity index (χ0) is 12.3. The Morgan fingerprint density at radius 1 is 1.50 bits per heavy atom. The number of ether oxygens (including phenoxy) is 1. The van der Waals surface area contributed by atoms with E-state index in [1.165, 1.54) is 4.90 Å². The number of nitrogens with zero attached hydrogens (tertiary/aromatic N) is 1. The highest BCUT2D eigenvalue weighted by molar-refractivity contribution is 5.87. The van der Waals surface area contributed by atoms with Crippen LogP contribution in [0.5, 0.6) is 0 Å². The van der Waals surface area contributed by atoms with Gasteiger partial charge in [0.2, 0.25) is 5.91 Å². The fraction of sp³-hybridized carbons (Fsp3) is 0.818. The molecule has 16 heavy (non-hydrogen) atoms. The Bertz CT molecular complexity index is 288. The number of rotatable bonds is 3. The van der Waals surface area contributed by atoms with E-state index in [0.29, 0.717) is 19.6 Å². The molecule has 1 fully saturated rings. The standard InChI is InChI=1S/C11H19NO4/c1-4-11(2,3)10(15)12-5-6-16-7-8(12)9(13)14/h8H,4-7H2,1-3H3,(H,13,14). The number of carbonyl (C=O) groups is 2. The molecule has 1 aliphatic heterocycles. The molecule has 0 aromatic heterocycles. The van der Waals surface area contributed by atoms with E-state index < -0.39 is 17.4 Å². The van der Waals surface area contributed by atoms with Crippen LogP contribution in [-0.2, 0) is 14.3 Å². The van der Waals surface area contributed by atoms with E-state index in [0.717, 1.165) is 0 Å². The average Bonchev–Trinajstić information content (AvgIpc) is 2.28. The van der Waals surface area contributed by atoms with Crippen molar-refractivity contribution in [2.45, 2.75) is 33.2 Å².